The minimum Gasteiger partial charge on any atom is -0.482 e. The zero-order valence-electron chi connectivity index (χ0n) is 18.1. The van der Waals surface area contributed by atoms with E-state index in [-0.39, 0.29) is 17.4 Å². The number of hydrogen-bond acceptors (Lipinski definition) is 4. The van der Waals surface area contributed by atoms with E-state index in [2.05, 4.69) is 29.0 Å². The van der Waals surface area contributed by atoms with Crippen molar-refractivity contribution in [3.63, 3.8) is 0 Å². The lowest BCUT2D eigenvalue weighted by Gasteiger charge is -2.24. The molecule has 0 aliphatic carbocycles. The van der Waals surface area contributed by atoms with Gasteiger partial charge in [-0.15, -0.1) is 0 Å². The number of fused-ring (bicyclic) bond motifs is 1. The van der Waals surface area contributed by atoms with Crippen LogP contribution in [0.5, 0.6) is 5.75 Å². The molecule has 0 radical (unpaired) electrons. The Morgan fingerprint density at radius 1 is 1.19 bits per heavy atom. The first-order chi connectivity index (χ1) is 15.2. The summed E-state index contributed by atoms with van der Waals surface area (Å²) in [5.74, 6) is -0.398. The number of ether oxygens (including phenoxy) is 1. The molecule has 0 fully saturated rings. The number of nitrogens with zero attached hydrogens (tertiary/aromatic N) is 2. The Morgan fingerprint density at radius 2 is 1.94 bits per heavy atom. The van der Waals surface area contributed by atoms with Gasteiger partial charge in [-0.3, -0.25) is 4.79 Å². The molecule has 0 unspecified atom stereocenters. The molecule has 3 rings (SSSR count). The Kier molecular flexibility index (Phi) is 7.90. The van der Waals surface area contributed by atoms with Crippen molar-refractivity contribution in [2.45, 2.75) is 26.4 Å². The van der Waals surface area contributed by atoms with Crippen LogP contribution in [0.4, 0.5) is 24.5 Å². The van der Waals surface area contributed by atoms with E-state index >= 15 is 0 Å². The first-order valence-corrected chi connectivity index (χ1v) is 11.0. The predicted molar refractivity (Wildman–Crippen MR) is 121 cm³/mol. The molecule has 1 N–H and O–H groups in total. The fourth-order valence-electron chi connectivity index (χ4n) is 3.72. The summed E-state index contributed by atoms with van der Waals surface area (Å²) in [5, 5.41) is 2.57. The molecule has 9 heteroatoms. The number of likely N-dealkylation sites (N-methyl/N-ethyl adjacent to an activating group) is 1. The molecule has 0 spiro atoms. The Labute approximate surface area is 191 Å². The SMILES string of the molecule is CCN(CC)CCN1CCc2cc(NC(=O)COc3ccc(C(F)(F)F)cc3Cl)ccc21. The predicted octanol–water partition coefficient (Wildman–Crippen LogP) is 5.08. The third-order valence-electron chi connectivity index (χ3n) is 5.55. The lowest BCUT2D eigenvalue weighted by Crippen LogP contribution is -2.34. The molecule has 2 aromatic carbocycles. The maximum absolute atomic E-state index is 12.7. The van der Waals surface area contributed by atoms with Crippen LogP contribution in [0.2, 0.25) is 5.02 Å². The highest BCUT2D eigenvalue weighted by Crippen LogP contribution is 2.35. The highest BCUT2D eigenvalue weighted by atomic mass is 35.5. The molecule has 1 heterocycles. The lowest BCUT2D eigenvalue weighted by molar-refractivity contribution is -0.137. The average molecular weight is 470 g/mol. The maximum Gasteiger partial charge on any atom is 0.416 e. The second-order valence-electron chi connectivity index (χ2n) is 7.59. The molecule has 1 amide bonds. The van der Waals surface area contributed by atoms with Crippen LogP contribution in [-0.4, -0.2) is 50.1 Å². The number of benzene rings is 2. The van der Waals surface area contributed by atoms with Gasteiger partial charge in [0.25, 0.3) is 5.91 Å². The molecule has 0 atom stereocenters. The maximum atomic E-state index is 12.7. The summed E-state index contributed by atoms with van der Waals surface area (Å²) in [6.45, 7) is 8.93. The van der Waals surface area contributed by atoms with Gasteiger partial charge in [-0.25, -0.2) is 0 Å². The van der Waals surface area contributed by atoms with Crippen molar-refractivity contribution >= 4 is 28.9 Å². The van der Waals surface area contributed by atoms with Crippen LogP contribution in [0.1, 0.15) is 25.0 Å². The third-order valence-corrected chi connectivity index (χ3v) is 5.85. The van der Waals surface area contributed by atoms with E-state index in [0.29, 0.717) is 5.69 Å². The van der Waals surface area contributed by atoms with Crippen molar-refractivity contribution in [1.29, 1.82) is 0 Å². The van der Waals surface area contributed by atoms with Crippen molar-refractivity contribution in [3.05, 3.63) is 52.5 Å². The van der Waals surface area contributed by atoms with Gasteiger partial charge in [0.2, 0.25) is 0 Å². The van der Waals surface area contributed by atoms with Crippen LogP contribution in [0.25, 0.3) is 0 Å². The molecule has 0 saturated heterocycles. The Bertz CT molecular complexity index is 949. The highest BCUT2D eigenvalue weighted by molar-refractivity contribution is 6.32. The normalized spacial score (nSPS) is 13.4. The van der Waals surface area contributed by atoms with E-state index in [4.69, 9.17) is 16.3 Å². The summed E-state index contributed by atoms with van der Waals surface area (Å²) in [5.41, 5.74) is 2.14. The van der Waals surface area contributed by atoms with E-state index in [9.17, 15) is 18.0 Å². The molecule has 0 aromatic heterocycles. The number of carbonyl (C=O) groups excluding carboxylic acids is 1. The van der Waals surface area contributed by atoms with Gasteiger partial charge in [-0.05, 0) is 61.5 Å². The van der Waals surface area contributed by atoms with Crippen LogP contribution >= 0.6 is 11.6 Å². The van der Waals surface area contributed by atoms with Crippen LogP contribution in [0, 0.1) is 0 Å². The Balaban J connectivity index is 1.54. The van der Waals surface area contributed by atoms with E-state index in [1.807, 2.05) is 18.2 Å². The molecule has 2 aromatic rings. The fraction of sp³-hybridized carbons (Fsp3) is 0.435. The number of alkyl halides is 3. The monoisotopic (exact) mass is 469 g/mol. The van der Waals surface area contributed by atoms with Gasteiger partial charge < -0.3 is 19.9 Å². The Hall–Kier alpha value is -2.45. The summed E-state index contributed by atoms with van der Waals surface area (Å²) in [7, 11) is 0. The summed E-state index contributed by atoms with van der Waals surface area (Å²) in [4.78, 5) is 17.0. The summed E-state index contributed by atoms with van der Waals surface area (Å²) >= 11 is 5.86. The first-order valence-electron chi connectivity index (χ1n) is 10.6. The Morgan fingerprint density at radius 3 is 2.59 bits per heavy atom. The van der Waals surface area contributed by atoms with Crippen molar-refractivity contribution in [2.24, 2.45) is 0 Å². The standard InChI is InChI=1S/C23H27ClF3N3O2/c1-3-29(4-2)11-12-30-10-9-16-13-18(6-7-20(16)30)28-22(31)15-32-21-8-5-17(14-19(21)24)23(25,26)27/h5-8,13-14H,3-4,9-12,15H2,1-2H3,(H,28,31). The zero-order valence-corrected chi connectivity index (χ0v) is 18.9. The fourth-order valence-corrected chi connectivity index (χ4v) is 3.95. The van der Waals surface area contributed by atoms with Gasteiger partial charge in [0, 0.05) is 31.0 Å². The lowest BCUT2D eigenvalue weighted by atomic mass is 10.1. The minimum absolute atomic E-state index is 0.0209. The van der Waals surface area contributed by atoms with E-state index < -0.39 is 17.6 Å². The van der Waals surface area contributed by atoms with Crippen LogP contribution in [0.3, 0.4) is 0 Å². The largest absolute Gasteiger partial charge is 0.482 e. The quantitative estimate of drug-likeness (QED) is 0.556. The number of carbonyl (C=O) groups is 1. The van der Waals surface area contributed by atoms with E-state index in [1.54, 1.807) is 0 Å². The molecule has 0 bridgehead atoms. The van der Waals surface area contributed by atoms with Gasteiger partial charge >= 0.3 is 6.18 Å². The first kappa shape index (κ1) is 24.2. The summed E-state index contributed by atoms with van der Waals surface area (Å²) < 4.78 is 43.5. The number of rotatable bonds is 9. The molecular formula is C23H27ClF3N3O2. The smallest absolute Gasteiger partial charge is 0.416 e. The molecule has 5 nitrogen and oxygen atoms in total. The second-order valence-corrected chi connectivity index (χ2v) is 7.99. The van der Waals surface area contributed by atoms with E-state index in [0.717, 1.165) is 57.3 Å². The molecule has 174 valence electrons. The van der Waals surface area contributed by atoms with Crippen molar-refractivity contribution in [2.75, 3.05) is 49.5 Å². The van der Waals surface area contributed by atoms with Crippen LogP contribution < -0.4 is 15.0 Å². The van der Waals surface area contributed by atoms with Gasteiger partial charge in [0.1, 0.15) is 5.75 Å². The second kappa shape index (κ2) is 10.4. The molecule has 0 saturated carbocycles. The summed E-state index contributed by atoms with van der Waals surface area (Å²) in [6.07, 6.45) is -3.58. The number of amides is 1. The number of anilines is 2. The van der Waals surface area contributed by atoms with E-state index in [1.165, 1.54) is 11.3 Å². The topological polar surface area (TPSA) is 44.8 Å². The van der Waals surface area contributed by atoms with Gasteiger partial charge in [-0.1, -0.05) is 25.4 Å². The third kappa shape index (κ3) is 6.07. The number of hydrogen-bond donors (Lipinski definition) is 1. The zero-order chi connectivity index (χ0) is 23.3. The van der Waals surface area contributed by atoms with Crippen molar-refractivity contribution in [3.8, 4) is 5.75 Å². The van der Waals surface area contributed by atoms with Gasteiger partial charge in [-0.2, -0.15) is 13.2 Å². The summed E-state index contributed by atoms with van der Waals surface area (Å²) in [6, 6.07) is 8.56. The van der Waals surface area contributed by atoms with Crippen LogP contribution in [0.15, 0.2) is 36.4 Å². The van der Waals surface area contributed by atoms with Gasteiger partial charge in [0.05, 0.1) is 10.6 Å². The van der Waals surface area contributed by atoms with Gasteiger partial charge in [0.15, 0.2) is 6.61 Å². The number of nitrogens with one attached hydrogen (secondary N) is 1. The highest BCUT2D eigenvalue weighted by Gasteiger charge is 2.31. The minimum atomic E-state index is -4.49. The molecular weight excluding hydrogens is 443 g/mol. The van der Waals surface area contributed by atoms with Crippen LogP contribution in [-0.2, 0) is 17.4 Å². The molecule has 1 aliphatic heterocycles. The molecule has 1 aliphatic rings. The van der Waals surface area contributed by atoms with Crippen molar-refractivity contribution in [1.82, 2.24) is 4.90 Å². The van der Waals surface area contributed by atoms with Crippen molar-refractivity contribution < 1.29 is 22.7 Å². The average Bonchev–Trinajstić information content (AvgIpc) is 3.15. The number of halogens is 4. The molecule has 32 heavy (non-hydrogen) atoms.